The van der Waals surface area contributed by atoms with Crippen molar-refractivity contribution in [3.05, 3.63) is 53.6 Å². The second kappa shape index (κ2) is 5.05. The summed E-state index contributed by atoms with van der Waals surface area (Å²) in [5.41, 5.74) is 3.90. The predicted molar refractivity (Wildman–Crippen MR) is 73.2 cm³/mol. The number of aryl methyl sites for hydroxylation is 1. The van der Waals surface area contributed by atoms with Gasteiger partial charge in [-0.25, -0.2) is 0 Å². The molecule has 0 saturated heterocycles. The third-order valence-corrected chi connectivity index (χ3v) is 2.94. The summed E-state index contributed by atoms with van der Waals surface area (Å²) in [6, 6.07) is 13.7. The zero-order valence-corrected chi connectivity index (χ0v) is 10.9. The van der Waals surface area contributed by atoms with Gasteiger partial charge < -0.3 is 4.74 Å². The maximum absolute atomic E-state index is 11.5. The number of carbonyl (C=O) groups is 1. The van der Waals surface area contributed by atoms with Gasteiger partial charge in [-0.15, -0.1) is 0 Å². The Morgan fingerprint density at radius 2 is 1.89 bits per heavy atom. The molecule has 0 heterocycles. The van der Waals surface area contributed by atoms with Crippen molar-refractivity contribution < 1.29 is 9.53 Å². The number of carbonyl (C=O) groups excluding carboxylic acids is 1. The first kappa shape index (κ1) is 12.4. The van der Waals surface area contributed by atoms with Crippen molar-refractivity contribution in [3.8, 4) is 16.9 Å². The van der Waals surface area contributed by atoms with Crippen molar-refractivity contribution in [2.75, 3.05) is 7.11 Å². The molecule has 2 aromatic rings. The van der Waals surface area contributed by atoms with Crippen LogP contribution in [-0.2, 0) is 0 Å². The molecule has 2 heteroatoms. The summed E-state index contributed by atoms with van der Waals surface area (Å²) in [4.78, 5) is 11.5. The third kappa shape index (κ3) is 2.43. The SMILES string of the molecule is COc1ccc(C(C)=O)cc1-c1cccc(C)c1. The Morgan fingerprint density at radius 1 is 1.11 bits per heavy atom. The van der Waals surface area contributed by atoms with Crippen LogP contribution in [0, 0.1) is 6.92 Å². The molecule has 2 rings (SSSR count). The van der Waals surface area contributed by atoms with Gasteiger partial charge in [-0.2, -0.15) is 0 Å². The molecule has 0 bridgehead atoms. The van der Waals surface area contributed by atoms with E-state index in [1.54, 1.807) is 20.1 Å². The number of ether oxygens (including phenoxy) is 1. The number of rotatable bonds is 3. The molecule has 0 saturated carbocycles. The molecule has 0 aliphatic heterocycles. The summed E-state index contributed by atoms with van der Waals surface area (Å²) < 4.78 is 5.36. The monoisotopic (exact) mass is 240 g/mol. The van der Waals surface area contributed by atoms with E-state index in [9.17, 15) is 4.79 Å². The normalized spacial score (nSPS) is 10.2. The van der Waals surface area contributed by atoms with Crippen molar-refractivity contribution in [1.82, 2.24) is 0 Å². The first-order chi connectivity index (χ1) is 8.61. The zero-order valence-electron chi connectivity index (χ0n) is 10.9. The lowest BCUT2D eigenvalue weighted by Crippen LogP contribution is -1.95. The number of methoxy groups -OCH3 is 1. The summed E-state index contributed by atoms with van der Waals surface area (Å²) in [7, 11) is 1.64. The van der Waals surface area contributed by atoms with Gasteiger partial charge in [0.1, 0.15) is 5.75 Å². The van der Waals surface area contributed by atoms with Crippen molar-refractivity contribution in [2.45, 2.75) is 13.8 Å². The minimum atomic E-state index is 0.0616. The van der Waals surface area contributed by atoms with Crippen molar-refractivity contribution in [3.63, 3.8) is 0 Å². The van der Waals surface area contributed by atoms with Crippen LogP contribution in [0.3, 0.4) is 0 Å². The Bertz CT molecular complexity index is 585. The molecular formula is C16H16O2. The Kier molecular flexibility index (Phi) is 3.47. The first-order valence-electron chi connectivity index (χ1n) is 5.88. The molecule has 0 unspecified atom stereocenters. The van der Waals surface area contributed by atoms with E-state index in [1.165, 1.54) is 5.56 Å². The third-order valence-electron chi connectivity index (χ3n) is 2.94. The fourth-order valence-corrected chi connectivity index (χ4v) is 1.97. The van der Waals surface area contributed by atoms with E-state index in [0.717, 1.165) is 16.9 Å². The molecular weight excluding hydrogens is 224 g/mol. The van der Waals surface area contributed by atoms with E-state index < -0.39 is 0 Å². The zero-order chi connectivity index (χ0) is 13.1. The Labute approximate surface area is 107 Å². The highest BCUT2D eigenvalue weighted by molar-refractivity contribution is 5.96. The van der Waals surface area contributed by atoms with E-state index in [1.807, 2.05) is 37.3 Å². The smallest absolute Gasteiger partial charge is 0.159 e. The Morgan fingerprint density at radius 3 is 2.50 bits per heavy atom. The van der Waals surface area contributed by atoms with Gasteiger partial charge in [0.05, 0.1) is 7.11 Å². The Hall–Kier alpha value is -2.09. The molecule has 0 aromatic heterocycles. The second-order valence-corrected chi connectivity index (χ2v) is 4.34. The van der Waals surface area contributed by atoms with E-state index in [-0.39, 0.29) is 5.78 Å². The van der Waals surface area contributed by atoms with Crippen LogP contribution in [0.25, 0.3) is 11.1 Å². The fourth-order valence-electron chi connectivity index (χ4n) is 1.97. The van der Waals surface area contributed by atoms with Gasteiger partial charge >= 0.3 is 0 Å². The molecule has 0 aliphatic rings. The number of hydrogen-bond acceptors (Lipinski definition) is 2. The van der Waals surface area contributed by atoms with Gasteiger partial charge in [-0.1, -0.05) is 29.8 Å². The molecule has 0 aliphatic carbocycles. The fraction of sp³-hybridized carbons (Fsp3) is 0.188. The van der Waals surface area contributed by atoms with Gasteiger partial charge in [0, 0.05) is 11.1 Å². The van der Waals surface area contributed by atoms with E-state index in [4.69, 9.17) is 4.74 Å². The summed E-state index contributed by atoms with van der Waals surface area (Å²) in [5.74, 6) is 0.845. The highest BCUT2D eigenvalue weighted by Crippen LogP contribution is 2.31. The number of hydrogen-bond donors (Lipinski definition) is 0. The summed E-state index contributed by atoms with van der Waals surface area (Å²) >= 11 is 0. The van der Waals surface area contributed by atoms with Crippen LogP contribution in [0.1, 0.15) is 22.8 Å². The number of Topliss-reactive ketones (excluding diaryl/α,β-unsaturated/α-hetero) is 1. The van der Waals surface area contributed by atoms with Gasteiger partial charge in [-0.3, -0.25) is 4.79 Å². The maximum atomic E-state index is 11.5. The van der Waals surface area contributed by atoms with Crippen LogP contribution in [0.4, 0.5) is 0 Å². The van der Waals surface area contributed by atoms with E-state index in [2.05, 4.69) is 6.07 Å². The van der Waals surface area contributed by atoms with Crippen LogP contribution in [-0.4, -0.2) is 12.9 Å². The van der Waals surface area contributed by atoms with Gasteiger partial charge in [0.15, 0.2) is 5.78 Å². The van der Waals surface area contributed by atoms with Crippen LogP contribution in [0.5, 0.6) is 5.75 Å². The maximum Gasteiger partial charge on any atom is 0.159 e. The highest BCUT2D eigenvalue weighted by atomic mass is 16.5. The highest BCUT2D eigenvalue weighted by Gasteiger charge is 2.09. The lowest BCUT2D eigenvalue weighted by atomic mass is 9.99. The van der Waals surface area contributed by atoms with Crippen LogP contribution in [0.2, 0.25) is 0 Å². The molecule has 0 amide bonds. The molecule has 0 atom stereocenters. The average Bonchev–Trinajstić information content (AvgIpc) is 2.38. The second-order valence-electron chi connectivity index (χ2n) is 4.34. The molecule has 2 aromatic carbocycles. The van der Waals surface area contributed by atoms with Crippen molar-refractivity contribution in [2.24, 2.45) is 0 Å². The lowest BCUT2D eigenvalue weighted by molar-refractivity contribution is 0.101. The molecule has 0 spiro atoms. The molecule has 18 heavy (non-hydrogen) atoms. The largest absolute Gasteiger partial charge is 0.496 e. The predicted octanol–water partition coefficient (Wildman–Crippen LogP) is 3.87. The van der Waals surface area contributed by atoms with Gasteiger partial charge in [0.25, 0.3) is 0 Å². The van der Waals surface area contributed by atoms with E-state index in [0.29, 0.717) is 5.56 Å². The summed E-state index contributed by atoms with van der Waals surface area (Å²) in [6.07, 6.45) is 0. The van der Waals surface area contributed by atoms with Crippen LogP contribution in [0.15, 0.2) is 42.5 Å². The minimum absolute atomic E-state index is 0.0616. The molecule has 2 nitrogen and oxygen atoms in total. The number of benzene rings is 2. The van der Waals surface area contributed by atoms with Crippen LogP contribution < -0.4 is 4.74 Å². The number of ketones is 1. The lowest BCUT2D eigenvalue weighted by Gasteiger charge is -2.10. The summed E-state index contributed by atoms with van der Waals surface area (Å²) in [6.45, 7) is 3.62. The molecule has 0 radical (unpaired) electrons. The van der Waals surface area contributed by atoms with Gasteiger partial charge in [-0.05, 0) is 37.6 Å². The standard InChI is InChI=1S/C16H16O2/c1-11-5-4-6-14(9-11)15-10-13(12(2)17)7-8-16(15)18-3/h4-10H,1-3H3. The Balaban J connectivity index is 2.60. The minimum Gasteiger partial charge on any atom is -0.496 e. The van der Waals surface area contributed by atoms with E-state index >= 15 is 0 Å². The van der Waals surface area contributed by atoms with Crippen molar-refractivity contribution >= 4 is 5.78 Å². The topological polar surface area (TPSA) is 26.3 Å². The average molecular weight is 240 g/mol. The van der Waals surface area contributed by atoms with Crippen LogP contribution >= 0.6 is 0 Å². The molecule has 92 valence electrons. The molecule has 0 fully saturated rings. The quantitative estimate of drug-likeness (QED) is 0.761. The van der Waals surface area contributed by atoms with Gasteiger partial charge in [0.2, 0.25) is 0 Å². The first-order valence-corrected chi connectivity index (χ1v) is 5.88. The molecule has 0 N–H and O–H groups in total. The van der Waals surface area contributed by atoms with Crippen molar-refractivity contribution in [1.29, 1.82) is 0 Å². The summed E-state index contributed by atoms with van der Waals surface area (Å²) in [5, 5.41) is 0.